The van der Waals surface area contributed by atoms with Gasteiger partial charge in [0.1, 0.15) is 11.5 Å². The van der Waals surface area contributed by atoms with E-state index in [1.165, 1.54) is 6.42 Å². The van der Waals surface area contributed by atoms with Gasteiger partial charge in [0.25, 0.3) is 0 Å². The summed E-state index contributed by atoms with van der Waals surface area (Å²) < 4.78 is 9.22. The second-order valence-corrected chi connectivity index (χ2v) is 10.4. The van der Waals surface area contributed by atoms with Crippen LogP contribution in [0.3, 0.4) is 0 Å². The molecule has 8 heteroatoms. The van der Waals surface area contributed by atoms with E-state index in [2.05, 4.69) is 29.1 Å². The fourth-order valence-corrected chi connectivity index (χ4v) is 5.53. The van der Waals surface area contributed by atoms with E-state index in [1.54, 1.807) is 17.5 Å². The van der Waals surface area contributed by atoms with Gasteiger partial charge in [-0.25, -0.2) is 4.98 Å². The third-order valence-corrected chi connectivity index (χ3v) is 7.42. The lowest BCUT2D eigenvalue weighted by Crippen LogP contribution is -2.26. The molecule has 0 radical (unpaired) electrons. The summed E-state index contributed by atoms with van der Waals surface area (Å²) in [7, 11) is 4.11. The predicted molar refractivity (Wildman–Crippen MR) is 135 cm³/mol. The fraction of sp³-hybridized carbons (Fsp3) is 0.423. The van der Waals surface area contributed by atoms with E-state index in [0.29, 0.717) is 5.92 Å². The summed E-state index contributed by atoms with van der Waals surface area (Å²) in [6.45, 7) is 1.76. The zero-order valence-electron chi connectivity index (χ0n) is 19.7. The van der Waals surface area contributed by atoms with Crippen molar-refractivity contribution < 1.29 is 9.84 Å². The molecule has 0 saturated heterocycles. The average molecular weight is 478 g/mol. The lowest BCUT2D eigenvalue weighted by Gasteiger charge is -2.26. The van der Waals surface area contributed by atoms with Crippen molar-refractivity contribution in [2.75, 3.05) is 20.6 Å². The minimum atomic E-state index is -0.194. The molecule has 178 valence electrons. The summed E-state index contributed by atoms with van der Waals surface area (Å²) in [4.78, 5) is 11.4. The number of fused-ring (bicyclic) bond motifs is 1. The topological polar surface area (TPSA) is 76.3 Å². The first kappa shape index (κ1) is 23.0. The summed E-state index contributed by atoms with van der Waals surface area (Å²) >= 11 is 1.70. The number of thiazole rings is 1. The van der Waals surface area contributed by atoms with Gasteiger partial charge in [0.05, 0.1) is 39.8 Å². The predicted octanol–water partition coefficient (Wildman–Crippen LogP) is 5.00. The van der Waals surface area contributed by atoms with E-state index in [0.717, 1.165) is 76.8 Å². The second-order valence-electron chi connectivity index (χ2n) is 9.33. The third kappa shape index (κ3) is 5.46. The van der Waals surface area contributed by atoms with Crippen LogP contribution in [0.1, 0.15) is 30.7 Å². The molecule has 0 spiro atoms. The van der Waals surface area contributed by atoms with Gasteiger partial charge in [-0.05, 0) is 51.1 Å². The minimum Gasteiger partial charge on any atom is -0.457 e. The standard InChI is InChI=1S/C26H31N5O2S/c1-30(2)11-12-31-17-19(16-28-31)23-14-21(9-10-27-23)33-20-7-8-22-25(15-20)34-26(29-22)13-18-5-3-4-6-24(18)32/h7-10,14-18,24,32H,3-6,11-13H2,1-2H3/t18-,24+/m0/s1. The molecule has 5 rings (SSSR count). The number of aliphatic hydroxyl groups excluding tert-OH is 1. The van der Waals surface area contributed by atoms with Crippen molar-refractivity contribution in [2.24, 2.45) is 5.92 Å². The zero-order chi connectivity index (χ0) is 23.5. The molecular formula is C26H31N5O2S. The van der Waals surface area contributed by atoms with Crippen LogP contribution in [0.15, 0.2) is 48.9 Å². The lowest BCUT2D eigenvalue weighted by molar-refractivity contribution is 0.0700. The Balaban J connectivity index is 1.28. The molecule has 7 nitrogen and oxygen atoms in total. The van der Waals surface area contributed by atoms with E-state index in [1.807, 2.05) is 47.4 Å². The molecule has 0 bridgehead atoms. The Kier molecular flexibility index (Phi) is 6.89. The Hall–Kier alpha value is -2.81. The van der Waals surface area contributed by atoms with Crippen molar-refractivity contribution in [3.63, 3.8) is 0 Å². The number of hydrogen-bond donors (Lipinski definition) is 1. The molecule has 3 aromatic heterocycles. The highest BCUT2D eigenvalue weighted by atomic mass is 32.1. The highest BCUT2D eigenvalue weighted by molar-refractivity contribution is 7.18. The number of aliphatic hydroxyl groups is 1. The molecule has 2 atom stereocenters. The van der Waals surface area contributed by atoms with Crippen LogP contribution in [0, 0.1) is 5.92 Å². The molecule has 34 heavy (non-hydrogen) atoms. The molecule has 1 aromatic carbocycles. The number of hydrogen-bond acceptors (Lipinski definition) is 7. The van der Waals surface area contributed by atoms with Crippen LogP contribution < -0.4 is 4.74 Å². The number of rotatable bonds is 8. The van der Waals surface area contributed by atoms with Crippen LogP contribution in [0.4, 0.5) is 0 Å². The molecule has 1 fully saturated rings. The van der Waals surface area contributed by atoms with Crippen molar-refractivity contribution in [1.82, 2.24) is 24.6 Å². The summed E-state index contributed by atoms with van der Waals surface area (Å²) in [5, 5.41) is 15.9. The van der Waals surface area contributed by atoms with Gasteiger partial charge < -0.3 is 14.7 Å². The maximum absolute atomic E-state index is 10.3. The van der Waals surface area contributed by atoms with Crippen LogP contribution in [0.25, 0.3) is 21.5 Å². The first-order valence-corrected chi connectivity index (χ1v) is 12.7. The van der Waals surface area contributed by atoms with Crippen molar-refractivity contribution >= 4 is 21.6 Å². The van der Waals surface area contributed by atoms with Crippen molar-refractivity contribution in [1.29, 1.82) is 0 Å². The van der Waals surface area contributed by atoms with E-state index in [9.17, 15) is 5.11 Å². The van der Waals surface area contributed by atoms with E-state index < -0.39 is 0 Å². The van der Waals surface area contributed by atoms with Crippen LogP contribution in [-0.2, 0) is 13.0 Å². The first-order chi connectivity index (χ1) is 16.5. The van der Waals surface area contributed by atoms with Crippen LogP contribution in [0.5, 0.6) is 11.5 Å². The van der Waals surface area contributed by atoms with Gasteiger partial charge in [0, 0.05) is 43.1 Å². The van der Waals surface area contributed by atoms with E-state index in [-0.39, 0.29) is 6.10 Å². The van der Waals surface area contributed by atoms with Crippen LogP contribution in [-0.4, -0.2) is 56.5 Å². The van der Waals surface area contributed by atoms with Crippen molar-refractivity contribution in [3.05, 3.63) is 53.9 Å². The van der Waals surface area contributed by atoms with Crippen LogP contribution >= 0.6 is 11.3 Å². The summed E-state index contributed by atoms with van der Waals surface area (Å²) in [6.07, 6.45) is 10.6. The Morgan fingerprint density at radius 1 is 1.15 bits per heavy atom. The Morgan fingerprint density at radius 3 is 2.85 bits per heavy atom. The van der Waals surface area contributed by atoms with Gasteiger partial charge in [-0.3, -0.25) is 9.67 Å². The smallest absolute Gasteiger partial charge is 0.131 e. The van der Waals surface area contributed by atoms with Crippen molar-refractivity contribution in [3.8, 4) is 22.8 Å². The van der Waals surface area contributed by atoms with Gasteiger partial charge in [0.15, 0.2) is 0 Å². The van der Waals surface area contributed by atoms with Gasteiger partial charge in [0.2, 0.25) is 0 Å². The maximum atomic E-state index is 10.3. The number of nitrogens with zero attached hydrogens (tertiary/aromatic N) is 5. The SMILES string of the molecule is CN(C)CCn1cc(-c2cc(Oc3ccc4nc(C[C@@H]5CCCC[C@H]5O)sc4c3)ccn2)cn1. The Labute approximate surface area is 204 Å². The molecular weight excluding hydrogens is 446 g/mol. The molecule has 4 aromatic rings. The molecule has 1 N–H and O–H groups in total. The van der Waals surface area contributed by atoms with E-state index in [4.69, 9.17) is 9.72 Å². The Bertz CT molecular complexity index is 1250. The molecule has 1 aliphatic carbocycles. The largest absolute Gasteiger partial charge is 0.457 e. The fourth-order valence-electron chi connectivity index (χ4n) is 4.44. The highest BCUT2D eigenvalue weighted by Gasteiger charge is 2.24. The average Bonchev–Trinajstić information content (AvgIpc) is 3.46. The number of likely N-dealkylation sites (N-methyl/N-ethyl adjacent to an activating group) is 1. The number of ether oxygens (including phenoxy) is 1. The first-order valence-electron chi connectivity index (χ1n) is 11.9. The molecule has 1 aliphatic rings. The van der Waals surface area contributed by atoms with Gasteiger partial charge in [-0.2, -0.15) is 5.10 Å². The van der Waals surface area contributed by atoms with Gasteiger partial charge in [-0.15, -0.1) is 11.3 Å². The zero-order valence-corrected chi connectivity index (χ0v) is 20.5. The normalized spacial score (nSPS) is 18.6. The number of pyridine rings is 1. The second kappa shape index (κ2) is 10.2. The molecule has 0 amide bonds. The van der Waals surface area contributed by atoms with E-state index >= 15 is 0 Å². The number of aromatic nitrogens is 4. The van der Waals surface area contributed by atoms with Crippen LogP contribution in [0.2, 0.25) is 0 Å². The molecule has 0 aliphatic heterocycles. The van der Waals surface area contributed by atoms with Crippen molar-refractivity contribution in [2.45, 2.75) is 44.8 Å². The highest BCUT2D eigenvalue weighted by Crippen LogP contribution is 2.33. The molecule has 3 heterocycles. The van der Waals surface area contributed by atoms with Gasteiger partial charge >= 0.3 is 0 Å². The monoisotopic (exact) mass is 477 g/mol. The Morgan fingerprint density at radius 2 is 2.00 bits per heavy atom. The number of benzene rings is 1. The summed E-state index contributed by atoms with van der Waals surface area (Å²) in [6, 6.07) is 9.83. The summed E-state index contributed by atoms with van der Waals surface area (Å²) in [5.74, 6) is 1.84. The molecule has 0 unspecified atom stereocenters. The summed E-state index contributed by atoms with van der Waals surface area (Å²) in [5.41, 5.74) is 2.79. The third-order valence-electron chi connectivity index (χ3n) is 6.38. The van der Waals surface area contributed by atoms with Gasteiger partial charge in [-0.1, -0.05) is 12.8 Å². The quantitative estimate of drug-likeness (QED) is 0.385. The lowest BCUT2D eigenvalue weighted by atomic mass is 9.84. The maximum Gasteiger partial charge on any atom is 0.131 e. The molecule has 1 saturated carbocycles. The minimum absolute atomic E-state index is 0.194.